The Kier molecular flexibility index (Phi) is 4.22. The third-order valence-corrected chi connectivity index (χ3v) is 4.55. The van der Waals surface area contributed by atoms with E-state index >= 15 is 0 Å². The highest BCUT2D eigenvalue weighted by molar-refractivity contribution is 7.10. The summed E-state index contributed by atoms with van der Waals surface area (Å²) in [6.45, 7) is 1.81. The first kappa shape index (κ1) is 15.4. The van der Waals surface area contributed by atoms with Gasteiger partial charge >= 0.3 is 0 Å². The third-order valence-electron chi connectivity index (χ3n) is 3.42. The molecule has 1 unspecified atom stereocenters. The van der Waals surface area contributed by atoms with Gasteiger partial charge in [0, 0.05) is 23.5 Å². The van der Waals surface area contributed by atoms with Gasteiger partial charge in [0.15, 0.2) is 0 Å². The number of hydrogen-bond donors (Lipinski definition) is 2. The number of carbonyl (C=O) groups is 1. The number of aliphatic hydroxyl groups is 1. The van der Waals surface area contributed by atoms with Crippen LogP contribution in [-0.4, -0.2) is 32.1 Å². The Labute approximate surface area is 137 Å². The van der Waals surface area contributed by atoms with Crippen molar-refractivity contribution in [3.05, 3.63) is 65.0 Å². The van der Waals surface area contributed by atoms with Crippen molar-refractivity contribution in [2.45, 2.75) is 12.5 Å². The first-order valence-corrected chi connectivity index (χ1v) is 7.93. The highest BCUT2D eigenvalue weighted by atomic mass is 32.1. The van der Waals surface area contributed by atoms with E-state index in [1.54, 1.807) is 42.3 Å². The van der Waals surface area contributed by atoms with Gasteiger partial charge in [0.2, 0.25) is 0 Å². The number of hydrogen-bond acceptors (Lipinski definition) is 5. The molecule has 0 bridgehead atoms. The third kappa shape index (κ3) is 3.46. The molecule has 2 N–H and O–H groups in total. The van der Waals surface area contributed by atoms with Crippen LogP contribution in [0.3, 0.4) is 0 Å². The van der Waals surface area contributed by atoms with Gasteiger partial charge in [-0.15, -0.1) is 11.3 Å². The lowest BCUT2D eigenvalue weighted by Gasteiger charge is -2.22. The van der Waals surface area contributed by atoms with Gasteiger partial charge in [-0.1, -0.05) is 6.07 Å². The molecule has 1 amide bonds. The molecule has 0 fully saturated rings. The Balaban J connectivity index is 1.64. The van der Waals surface area contributed by atoms with Gasteiger partial charge in [0.05, 0.1) is 12.1 Å². The predicted molar refractivity (Wildman–Crippen MR) is 87.6 cm³/mol. The molecule has 0 aromatic carbocycles. The van der Waals surface area contributed by atoms with Crippen molar-refractivity contribution in [2.75, 3.05) is 6.54 Å². The van der Waals surface area contributed by atoms with Gasteiger partial charge in [-0.05, 0) is 30.5 Å². The molecule has 0 saturated heterocycles. The molecule has 3 aromatic heterocycles. The molecular weight excluding hydrogens is 312 g/mol. The van der Waals surface area contributed by atoms with Crippen molar-refractivity contribution in [1.82, 2.24) is 19.9 Å². The quantitative estimate of drug-likeness (QED) is 0.750. The minimum atomic E-state index is -1.09. The smallest absolute Gasteiger partial charge is 0.252 e. The first-order valence-electron chi connectivity index (χ1n) is 7.05. The van der Waals surface area contributed by atoms with E-state index in [0.717, 1.165) is 4.88 Å². The normalized spacial score (nSPS) is 13.5. The van der Waals surface area contributed by atoms with Crippen molar-refractivity contribution < 1.29 is 9.90 Å². The highest BCUT2D eigenvalue weighted by Crippen LogP contribution is 2.24. The van der Waals surface area contributed by atoms with Crippen molar-refractivity contribution in [1.29, 1.82) is 0 Å². The van der Waals surface area contributed by atoms with E-state index < -0.39 is 5.60 Å². The summed E-state index contributed by atoms with van der Waals surface area (Å²) in [5.74, 6) is 0.413. The monoisotopic (exact) mass is 328 g/mol. The summed E-state index contributed by atoms with van der Waals surface area (Å²) < 4.78 is 1.75. The molecular formula is C16H16N4O2S. The molecule has 1 atom stereocenters. The Morgan fingerprint density at radius 1 is 1.43 bits per heavy atom. The van der Waals surface area contributed by atoms with E-state index in [2.05, 4.69) is 15.3 Å². The number of pyridine rings is 1. The summed E-state index contributed by atoms with van der Waals surface area (Å²) in [5, 5.41) is 15.0. The van der Waals surface area contributed by atoms with Crippen molar-refractivity contribution in [3.63, 3.8) is 0 Å². The SMILES string of the molecule is CC(O)(CNC(=O)c1ccc(-n2ccnc2)nc1)c1cccs1. The molecule has 3 heterocycles. The zero-order valence-electron chi connectivity index (χ0n) is 12.5. The van der Waals surface area contributed by atoms with E-state index in [0.29, 0.717) is 11.4 Å². The van der Waals surface area contributed by atoms with E-state index in [4.69, 9.17) is 0 Å². The van der Waals surface area contributed by atoms with Crippen molar-refractivity contribution in [3.8, 4) is 5.82 Å². The summed E-state index contributed by atoms with van der Waals surface area (Å²) in [5.41, 5.74) is -0.649. The van der Waals surface area contributed by atoms with Gasteiger partial charge in [-0.25, -0.2) is 9.97 Å². The maximum atomic E-state index is 12.2. The summed E-state index contributed by atoms with van der Waals surface area (Å²) in [6.07, 6.45) is 6.58. The van der Waals surface area contributed by atoms with Gasteiger partial charge in [-0.2, -0.15) is 0 Å². The molecule has 0 spiro atoms. The van der Waals surface area contributed by atoms with Crippen LogP contribution in [0.25, 0.3) is 5.82 Å². The molecule has 118 valence electrons. The summed E-state index contributed by atoms with van der Waals surface area (Å²) in [7, 11) is 0. The number of aromatic nitrogens is 3. The summed E-state index contributed by atoms with van der Waals surface area (Å²) in [4.78, 5) is 21.2. The largest absolute Gasteiger partial charge is 0.383 e. The zero-order chi connectivity index (χ0) is 16.3. The molecule has 3 aromatic rings. The first-order chi connectivity index (χ1) is 11.1. The molecule has 0 saturated carbocycles. The van der Waals surface area contributed by atoms with Crippen molar-refractivity contribution >= 4 is 17.2 Å². The fourth-order valence-corrected chi connectivity index (χ4v) is 2.88. The van der Waals surface area contributed by atoms with Crippen LogP contribution >= 0.6 is 11.3 Å². The summed E-state index contributed by atoms with van der Waals surface area (Å²) >= 11 is 1.46. The lowest BCUT2D eigenvalue weighted by atomic mass is 10.1. The van der Waals surface area contributed by atoms with Crippen LogP contribution in [0.1, 0.15) is 22.2 Å². The molecule has 0 aliphatic rings. The number of nitrogens with one attached hydrogen (secondary N) is 1. The van der Waals surface area contributed by atoms with E-state index in [-0.39, 0.29) is 12.5 Å². The van der Waals surface area contributed by atoms with E-state index in [1.165, 1.54) is 17.5 Å². The second kappa shape index (κ2) is 6.31. The topological polar surface area (TPSA) is 80.0 Å². The average molecular weight is 328 g/mol. The predicted octanol–water partition coefficient (Wildman–Crippen LogP) is 1.97. The van der Waals surface area contributed by atoms with Crippen LogP contribution in [0.2, 0.25) is 0 Å². The number of amides is 1. The van der Waals surface area contributed by atoms with Crippen LogP contribution in [0.4, 0.5) is 0 Å². The Hall–Kier alpha value is -2.51. The lowest BCUT2D eigenvalue weighted by molar-refractivity contribution is 0.0556. The fourth-order valence-electron chi connectivity index (χ4n) is 2.09. The van der Waals surface area contributed by atoms with Gasteiger partial charge in [-0.3, -0.25) is 9.36 Å². The molecule has 7 heteroatoms. The van der Waals surface area contributed by atoms with Gasteiger partial charge < -0.3 is 10.4 Å². The minimum Gasteiger partial charge on any atom is -0.383 e. The molecule has 0 aliphatic carbocycles. The molecule has 6 nitrogen and oxygen atoms in total. The highest BCUT2D eigenvalue weighted by Gasteiger charge is 2.25. The summed E-state index contributed by atoms with van der Waals surface area (Å²) in [6, 6.07) is 7.15. The van der Waals surface area contributed by atoms with Gasteiger partial charge in [0.25, 0.3) is 5.91 Å². The van der Waals surface area contributed by atoms with E-state index in [9.17, 15) is 9.90 Å². The fraction of sp³-hybridized carbons (Fsp3) is 0.188. The standard InChI is InChI=1S/C16H16N4O2S/c1-16(22,13-3-2-8-23-13)10-19-15(21)12-4-5-14(18-9-12)20-7-6-17-11-20/h2-9,11,22H,10H2,1H3,(H,19,21). The maximum absolute atomic E-state index is 12.2. The number of thiophene rings is 1. The molecule has 0 radical (unpaired) electrons. The van der Waals surface area contributed by atoms with E-state index in [1.807, 2.05) is 17.5 Å². The second-order valence-electron chi connectivity index (χ2n) is 5.31. The van der Waals surface area contributed by atoms with Gasteiger partial charge in [0.1, 0.15) is 17.7 Å². The zero-order valence-corrected chi connectivity index (χ0v) is 13.3. The van der Waals surface area contributed by atoms with Crippen molar-refractivity contribution in [2.24, 2.45) is 0 Å². The number of carbonyl (C=O) groups excluding carboxylic acids is 1. The molecule has 23 heavy (non-hydrogen) atoms. The van der Waals surface area contributed by atoms with Crippen LogP contribution in [0, 0.1) is 0 Å². The Bertz CT molecular complexity index is 765. The molecule has 3 rings (SSSR count). The number of nitrogens with zero attached hydrogens (tertiary/aromatic N) is 3. The maximum Gasteiger partial charge on any atom is 0.252 e. The lowest BCUT2D eigenvalue weighted by Crippen LogP contribution is -2.38. The Morgan fingerprint density at radius 2 is 2.30 bits per heavy atom. The number of rotatable bonds is 5. The van der Waals surface area contributed by atoms with Crippen LogP contribution < -0.4 is 5.32 Å². The average Bonchev–Trinajstić information content (AvgIpc) is 3.26. The minimum absolute atomic E-state index is 0.135. The second-order valence-corrected chi connectivity index (χ2v) is 6.26. The molecule has 0 aliphatic heterocycles. The van der Waals surface area contributed by atoms with Crippen LogP contribution in [-0.2, 0) is 5.60 Å². The number of imidazole rings is 1. The van der Waals surface area contributed by atoms with Crippen LogP contribution in [0.15, 0.2) is 54.6 Å². The Morgan fingerprint density at radius 3 is 2.91 bits per heavy atom. The van der Waals surface area contributed by atoms with Crippen LogP contribution in [0.5, 0.6) is 0 Å².